The number of carbonyl (C=O) groups is 1. The van der Waals surface area contributed by atoms with Crippen LogP contribution in [0, 0.1) is 4.91 Å². The molecule has 0 spiro atoms. The summed E-state index contributed by atoms with van der Waals surface area (Å²) in [6, 6.07) is 0. The Kier molecular flexibility index (Phi) is 5.50. The number of aliphatic hydroxyl groups excluding tert-OH is 1. The zero-order chi connectivity index (χ0) is 10.3. The summed E-state index contributed by atoms with van der Waals surface area (Å²) in [5.41, 5.74) is -0.524. The van der Waals surface area contributed by atoms with E-state index in [9.17, 15) is 14.8 Å². The summed E-state index contributed by atoms with van der Waals surface area (Å²) in [6.45, 7) is 3.57. The second-order valence-electron chi connectivity index (χ2n) is 2.36. The summed E-state index contributed by atoms with van der Waals surface area (Å²) in [7, 11) is 0. The van der Waals surface area contributed by atoms with Crippen LogP contribution in [-0.4, -0.2) is 17.7 Å². The minimum Gasteiger partial charge on any atom is -0.510 e. The maximum absolute atomic E-state index is 11.0. The van der Waals surface area contributed by atoms with Crippen LogP contribution in [-0.2, 0) is 9.53 Å². The van der Waals surface area contributed by atoms with E-state index < -0.39 is 11.7 Å². The summed E-state index contributed by atoms with van der Waals surface area (Å²) in [6.07, 6.45) is 0.879. The van der Waals surface area contributed by atoms with Crippen molar-refractivity contribution in [1.82, 2.24) is 0 Å². The summed E-state index contributed by atoms with van der Waals surface area (Å²) in [4.78, 5) is 21.1. The quantitative estimate of drug-likeness (QED) is 0.308. The number of nitrogens with zero attached hydrogens (tertiary/aromatic N) is 1. The van der Waals surface area contributed by atoms with Gasteiger partial charge in [-0.25, -0.2) is 4.79 Å². The fourth-order valence-electron chi connectivity index (χ4n) is 0.762. The van der Waals surface area contributed by atoms with Crippen LogP contribution >= 0.6 is 0 Å². The Morgan fingerprint density at radius 3 is 2.46 bits per heavy atom. The van der Waals surface area contributed by atoms with E-state index in [-0.39, 0.29) is 18.8 Å². The normalized spacial score (nSPS) is 11.8. The van der Waals surface area contributed by atoms with Crippen molar-refractivity contribution in [1.29, 1.82) is 0 Å². The van der Waals surface area contributed by atoms with Crippen LogP contribution in [0.25, 0.3) is 0 Å². The molecule has 0 aromatic rings. The van der Waals surface area contributed by atoms with Gasteiger partial charge in [0.05, 0.1) is 6.61 Å². The van der Waals surface area contributed by atoms with Crippen molar-refractivity contribution in [3.05, 3.63) is 16.4 Å². The minimum atomic E-state index is -0.872. The Labute approximate surface area is 76.4 Å². The molecule has 0 saturated heterocycles. The third-order valence-corrected chi connectivity index (χ3v) is 1.32. The zero-order valence-corrected chi connectivity index (χ0v) is 7.74. The maximum atomic E-state index is 11.0. The van der Waals surface area contributed by atoms with Gasteiger partial charge in [0.2, 0.25) is 5.70 Å². The molecule has 0 rings (SSSR count). The van der Waals surface area contributed by atoms with E-state index >= 15 is 0 Å². The summed E-state index contributed by atoms with van der Waals surface area (Å²) in [5, 5.41) is 11.6. The van der Waals surface area contributed by atoms with Gasteiger partial charge in [0.25, 0.3) is 0 Å². The average molecular weight is 187 g/mol. The fourth-order valence-corrected chi connectivity index (χ4v) is 0.762. The molecule has 0 bridgehead atoms. The predicted octanol–water partition coefficient (Wildman–Crippen LogP) is 1.89. The van der Waals surface area contributed by atoms with Gasteiger partial charge in [0.1, 0.15) is 5.76 Å². The van der Waals surface area contributed by atoms with Gasteiger partial charge in [0, 0.05) is 6.42 Å². The van der Waals surface area contributed by atoms with Crippen LogP contribution in [0.2, 0.25) is 0 Å². The smallest absolute Gasteiger partial charge is 0.364 e. The van der Waals surface area contributed by atoms with E-state index in [0.29, 0.717) is 6.42 Å². The third kappa shape index (κ3) is 3.68. The van der Waals surface area contributed by atoms with Crippen LogP contribution in [0.3, 0.4) is 0 Å². The Morgan fingerprint density at radius 2 is 2.08 bits per heavy atom. The molecule has 0 saturated carbocycles. The number of carbonyl (C=O) groups excluding carboxylic acids is 1. The number of ether oxygens (including phenoxy) is 1. The van der Waals surface area contributed by atoms with Gasteiger partial charge in [0.15, 0.2) is 0 Å². The standard InChI is InChI=1S/C8H13NO4/c1-3-5-6(10)7(9-12)8(11)13-4-2/h10H,3-5H2,1-2H3/b7-6-. The molecular weight excluding hydrogens is 174 g/mol. The average Bonchev–Trinajstić information content (AvgIpc) is 2.06. The Bertz CT molecular complexity index is 222. The Balaban J connectivity index is 4.55. The van der Waals surface area contributed by atoms with Crippen LogP contribution in [0.4, 0.5) is 0 Å². The SMILES string of the molecule is CCC/C(O)=C(/N=O)C(=O)OCC. The number of hydrogen-bond donors (Lipinski definition) is 1. The van der Waals surface area contributed by atoms with E-state index in [1.165, 1.54) is 0 Å². The summed E-state index contributed by atoms with van der Waals surface area (Å²) < 4.78 is 4.51. The molecule has 0 aromatic heterocycles. The molecule has 0 aliphatic heterocycles. The van der Waals surface area contributed by atoms with Crippen LogP contribution in [0.5, 0.6) is 0 Å². The van der Waals surface area contributed by atoms with Gasteiger partial charge in [-0.2, -0.15) is 0 Å². The third-order valence-electron chi connectivity index (χ3n) is 1.32. The van der Waals surface area contributed by atoms with Crippen molar-refractivity contribution >= 4 is 5.97 Å². The van der Waals surface area contributed by atoms with Crippen molar-refractivity contribution in [2.75, 3.05) is 6.61 Å². The van der Waals surface area contributed by atoms with Gasteiger partial charge in [-0.15, -0.1) is 4.91 Å². The van der Waals surface area contributed by atoms with Gasteiger partial charge in [-0.1, -0.05) is 6.92 Å². The molecule has 0 heterocycles. The molecular formula is C8H13NO4. The first-order valence-corrected chi connectivity index (χ1v) is 4.09. The van der Waals surface area contributed by atoms with Crippen molar-refractivity contribution in [3.63, 3.8) is 0 Å². The Morgan fingerprint density at radius 1 is 1.46 bits per heavy atom. The predicted molar refractivity (Wildman–Crippen MR) is 47.0 cm³/mol. The van der Waals surface area contributed by atoms with Gasteiger partial charge < -0.3 is 9.84 Å². The van der Waals surface area contributed by atoms with Crippen molar-refractivity contribution in [2.24, 2.45) is 5.18 Å². The molecule has 0 aliphatic carbocycles. The molecule has 0 fully saturated rings. The van der Waals surface area contributed by atoms with E-state index in [4.69, 9.17) is 0 Å². The van der Waals surface area contributed by atoms with E-state index in [0.717, 1.165) is 0 Å². The van der Waals surface area contributed by atoms with E-state index in [1.807, 2.05) is 6.92 Å². The van der Waals surface area contributed by atoms with E-state index in [1.54, 1.807) is 6.92 Å². The highest BCUT2D eigenvalue weighted by molar-refractivity contribution is 5.88. The number of allylic oxidation sites excluding steroid dienone is 1. The molecule has 0 aromatic carbocycles. The molecule has 5 nitrogen and oxygen atoms in total. The highest BCUT2D eigenvalue weighted by Gasteiger charge is 2.16. The fraction of sp³-hybridized carbons (Fsp3) is 0.625. The molecule has 0 aliphatic rings. The van der Waals surface area contributed by atoms with Crippen LogP contribution in [0.1, 0.15) is 26.7 Å². The first-order valence-electron chi connectivity index (χ1n) is 4.09. The van der Waals surface area contributed by atoms with Crippen molar-refractivity contribution < 1.29 is 14.6 Å². The lowest BCUT2D eigenvalue weighted by Crippen LogP contribution is -2.08. The lowest BCUT2D eigenvalue weighted by molar-refractivity contribution is -0.138. The van der Waals surface area contributed by atoms with E-state index in [2.05, 4.69) is 9.91 Å². The van der Waals surface area contributed by atoms with Crippen LogP contribution in [0.15, 0.2) is 16.6 Å². The highest BCUT2D eigenvalue weighted by Crippen LogP contribution is 2.10. The number of esters is 1. The molecule has 1 N–H and O–H groups in total. The van der Waals surface area contributed by atoms with Crippen molar-refractivity contribution in [3.8, 4) is 0 Å². The molecule has 74 valence electrons. The first-order chi connectivity index (χ1) is 6.17. The van der Waals surface area contributed by atoms with Gasteiger partial charge in [-0.05, 0) is 18.5 Å². The number of rotatable bonds is 5. The first kappa shape index (κ1) is 11.6. The molecule has 0 amide bonds. The largest absolute Gasteiger partial charge is 0.510 e. The topological polar surface area (TPSA) is 76.0 Å². The summed E-state index contributed by atoms with van der Waals surface area (Å²) >= 11 is 0. The van der Waals surface area contributed by atoms with Gasteiger partial charge >= 0.3 is 5.97 Å². The number of hydrogen-bond acceptors (Lipinski definition) is 5. The Hall–Kier alpha value is -1.39. The van der Waals surface area contributed by atoms with Crippen molar-refractivity contribution in [2.45, 2.75) is 26.7 Å². The van der Waals surface area contributed by atoms with Crippen LogP contribution < -0.4 is 0 Å². The maximum Gasteiger partial charge on any atom is 0.364 e. The molecule has 0 atom stereocenters. The monoisotopic (exact) mass is 187 g/mol. The number of aliphatic hydroxyl groups is 1. The highest BCUT2D eigenvalue weighted by atomic mass is 16.5. The minimum absolute atomic E-state index is 0.150. The molecule has 5 heteroatoms. The summed E-state index contributed by atoms with van der Waals surface area (Å²) in [5.74, 6) is -1.18. The zero-order valence-electron chi connectivity index (χ0n) is 7.74. The second kappa shape index (κ2) is 6.16. The second-order valence-corrected chi connectivity index (χ2v) is 2.36. The van der Waals surface area contributed by atoms with Gasteiger partial charge in [-0.3, -0.25) is 0 Å². The molecule has 0 radical (unpaired) electrons. The lowest BCUT2D eigenvalue weighted by Gasteiger charge is -2.01. The number of nitroso groups, excluding NO2 is 1. The molecule has 0 unspecified atom stereocenters. The lowest BCUT2D eigenvalue weighted by atomic mass is 10.2. The molecule has 13 heavy (non-hydrogen) atoms.